The Labute approximate surface area is 101 Å². The van der Waals surface area contributed by atoms with Crippen molar-refractivity contribution in [1.82, 2.24) is 10.6 Å². The molecular formula is C12H18N2O3. The number of nitrogens with one attached hydrogen (secondary N) is 2. The lowest BCUT2D eigenvalue weighted by atomic mass is 10.0. The maximum atomic E-state index is 11.4. The number of methoxy groups -OCH3 is 1. The molecule has 2 heterocycles. The van der Waals surface area contributed by atoms with Crippen LogP contribution in [0.4, 0.5) is 0 Å². The lowest BCUT2D eigenvalue weighted by Gasteiger charge is -2.24. The molecule has 1 aromatic heterocycles. The van der Waals surface area contributed by atoms with Crippen LogP contribution in [0.1, 0.15) is 29.5 Å². The van der Waals surface area contributed by atoms with Gasteiger partial charge in [0.2, 0.25) is 0 Å². The van der Waals surface area contributed by atoms with Gasteiger partial charge in [0.25, 0.3) is 0 Å². The predicted molar refractivity (Wildman–Crippen MR) is 62.8 cm³/mol. The molecule has 1 aromatic rings. The summed E-state index contributed by atoms with van der Waals surface area (Å²) in [6.45, 7) is 4.65. The summed E-state index contributed by atoms with van der Waals surface area (Å²) >= 11 is 0. The van der Waals surface area contributed by atoms with Crippen molar-refractivity contribution in [2.45, 2.75) is 25.4 Å². The minimum atomic E-state index is -0.356. The van der Waals surface area contributed by atoms with Crippen LogP contribution in [-0.2, 0) is 11.3 Å². The second-order valence-electron chi connectivity index (χ2n) is 4.59. The Balaban J connectivity index is 1.99. The smallest absolute Gasteiger partial charge is 0.341 e. The summed E-state index contributed by atoms with van der Waals surface area (Å²) < 4.78 is 10.0. The molecule has 1 saturated heterocycles. The maximum Gasteiger partial charge on any atom is 0.341 e. The van der Waals surface area contributed by atoms with Gasteiger partial charge < -0.3 is 19.8 Å². The van der Waals surface area contributed by atoms with Gasteiger partial charge in [-0.25, -0.2) is 4.79 Å². The second kappa shape index (κ2) is 4.89. The number of carbonyl (C=O) groups excluding carboxylic acids is 1. The molecule has 0 aromatic carbocycles. The van der Waals surface area contributed by atoms with E-state index in [1.807, 2.05) is 0 Å². The van der Waals surface area contributed by atoms with E-state index < -0.39 is 0 Å². The van der Waals surface area contributed by atoms with Crippen LogP contribution in [0.3, 0.4) is 0 Å². The Morgan fingerprint density at radius 2 is 2.53 bits per heavy atom. The average molecular weight is 238 g/mol. The lowest BCUT2D eigenvalue weighted by Crippen LogP contribution is -2.43. The Hall–Kier alpha value is -1.33. The molecule has 94 valence electrons. The Morgan fingerprint density at radius 1 is 1.71 bits per heavy atom. The third-order valence-electron chi connectivity index (χ3n) is 3.20. The van der Waals surface area contributed by atoms with Gasteiger partial charge >= 0.3 is 5.97 Å². The largest absolute Gasteiger partial charge is 0.467 e. The first kappa shape index (κ1) is 12.1. The van der Waals surface area contributed by atoms with Gasteiger partial charge in [-0.3, -0.25) is 0 Å². The monoisotopic (exact) mass is 238 g/mol. The van der Waals surface area contributed by atoms with Crippen molar-refractivity contribution < 1.29 is 13.9 Å². The van der Waals surface area contributed by atoms with E-state index in [2.05, 4.69) is 17.6 Å². The predicted octanol–water partition coefficient (Wildman–Crippen LogP) is 0.908. The number of esters is 1. The highest BCUT2D eigenvalue weighted by Crippen LogP contribution is 2.17. The first-order chi connectivity index (χ1) is 8.14. The standard InChI is InChI=1S/C12H18N2O3/c1-12(4-5-13-8-12)14-7-10-9(3-6-17-10)11(15)16-2/h3,6,13-14H,4-5,7-8H2,1-2H3. The molecule has 1 fully saturated rings. The molecule has 5 nitrogen and oxygen atoms in total. The topological polar surface area (TPSA) is 63.5 Å². The van der Waals surface area contributed by atoms with E-state index >= 15 is 0 Å². The van der Waals surface area contributed by atoms with E-state index in [9.17, 15) is 4.79 Å². The Kier molecular flexibility index (Phi) is 3.49. The highest BCUT2D eigenvalue weighted by Gasteiger charge is 2.28. The summed E-state index contributed by atoms with van der Waals surface area (Å²) in [5.41, 5.74) is 0.565. The molecule has 1 unspecified atom stereocenters. The van der Waals surface area contributed by atoms with Crippen molar-refractivity contribution in [2.75, 3.05) is 20.2 Å². The van der Waals surface area contributed by atoms with Crippen LogP contribution in [0, 0.1) is 0 Å². The van der Waals surface area contributed by atoms with Crippen LogP contribution < -0.4 is 10.6 Å². The molecular weight excluding hydrogens is 220 g/mol. The van der Waals surface area contributed by atoms with Crippen molar-refractivity contribution >= 4 is 5.97 Å². The summed E-state index contributed by atoms with van der Waals surface area (Å²) in [6, 6.07) is 1.64. The molecule has 17 heavy (non-hydrogen) atoms. The van der Waals surface area contributed by atoms with E-state index in [0.717, 1.165) is 19.5 Å². The van der Waals surface area contributed by atoms with Crippen molar-refractivity contribution in [2.24, 2.45) is 0 Å². The van der Waals surface area contributed by atoms with Crippen LogP contribution in [0.5, 0.6) is 0 Å². The zero-order valence-electron chi connectivity index (χ0n) is 10.2. The Morgan fingerprint density at radius 3 is 3.18 bits per heavy atom. The number of rotatable bonds is 4. The van der Waals surface area contributed by atoms with Crippen LogP contribution in [0.2, 0.25) is 0 Å². The fraction of sp³-hybridized carbons (Fsp3) is 0.583. The van der Waals surface area contributed by atoms with Gasteiger partial charge in [-0.2, -0.15) is 0 Å². The number of furan rings is 1. The van der Waals surface area contributed by atoms with E-state index in [1.54, 1.807) is 6.07 Å². The molecule has 2 N–H and O–H groups in total. The van der Waals surface area contributed by atoms with Gasteiger partial charge in [0, 0.05) is 12.1 Å². The summed E-state index contributed by atoms with van der Waals surface area (Å²) in [7, 11) is 1.37. The average Bonchev–Trinajstić information content (AvgIpc) is 2.94. The van der Waals surface area contributed by atoms with Gasteiger partial charge in [-0.15, -0.1) is 0 Å². The van der Waals surface area contributed by atoms with Crippen LogP contribution in [-0.4, -0.2) is 31.7 Å². The summed E-state index contributed by atoms with van der Waals surface area (Å²) in [5.74, 6) is 0.273. The molecule has 0 radical (unpaired) electrons. The van der Waals surface area contributed by atoms with Crippen molar-refractivity contribution in [3.63, 3.8) is 0 Å². The van der Waals surface area contributed by atoms with Crippen LogP contribution >= 0.6 is 0 Å². The third kappa shape index (κ3) is 2.68. The molecule has 2 rings (SSSR count). The van der Waals surface area contributed by atoms with E-state index in [4.69, 9.17) is 9.15 Å². The molecule has 0 amide bonds. The summed E-state index contributed by atoms with van der Waals surface area (Å²) in [4.78, 5) is 11.4. The summed E-state index contributed by atoms with van der Waals surface area (Å²) in [6.07, 6.45) is 2.58. The molecule has 5 heteroatoms. The minimum absolute atomic E-state index is 0.0696. The van der Waals surface area contributed by atoms with Crippen molar-refractivity contribution in [3.05, 3.63) is 23.7 Å². The van der Waals surface area contributed by atoms with Gasteiger partial charge in [0.15, 0.2) is 0 Å². The fourth-order valence-corrected chi connectivity index (χ4v) is 2.03. The van der Waals surface area contributed by atoms with Gasteiger partial charge in [-0.1, -0.05) is 0 Å². The molecule has 0 spiro atoms. The van der Waals surface area contributed by atoms with Gasteiger partial charge in [-0.05, 0) is 26.0 Å². The van der Waals surface area contributed by atoms with Crippen LogP contribution in [0.25, 0.3) is 0 Å². The van der Waals surface area contributed by atoms with E-state index in [-0.39, 0.29) is 11.5 Å². The normalized spacial score (nSPS) is 23.9. The van der Waals surface area contributed by atoms with Gasteiger partial charge in [0.05, 0.1) is 19.9 Å². The van der Waals surface area contributed by atoms with E-state index in [0.29, 0.717) is 17.9 Å². The van der Waals surface area contributed by atoms with Crippen molar-refractivity contribution in [3.8, 4) is 0 Å². The Bertz CT molecular complexity index is 394. The third-order valence-corrected chi connectivity index (χ3v) is 3.20. The van der Waals surface area contributed by atoms with Gasteiger partial charge in [0.1, 0.15) is 11.3 Å². The minimum Gasteiger partial charge on any atom is -0.467 e. The number of carbonyl (C=O) groups is 1. The van der Waals surface area contributed by atoms with Crippen molar-refractivity contribution in [1.29, 1.82) is 0 Å². The molecule has 0 aliphatic carbocycles. The quantitative estimate of drug-likeness (QED) is 0.763. The molecule has 1 aliphatic rings. The highest BCUT2D eigenvalue weighted by atomic mass is 16.5. The number of ether oxygens (including phenoxy) is 1. The molecule has 0 bridgehead atoms. The zero-order valence-corrected chi connectivity index (χ0v) is 10.2. The SMILES string of the molecule is COC(=O)c1ccoc1CNC1(C)CCNC1. The number of hydrogen-bond acceptors (Lipinski definition) is 5. The fourth-order valence-electron chi connectivity index (χ4n) is 2.03. The highest BCUT2D eigenvalue weighted by molar-refractivity contribution is 5.90. The lowest BCUT2D eigenvalue weighted by molar-refractivity contribution is 0.0597. The van der Waals surface area contributed by atoms with Crippen LogP contribution in [0.15, 0.2) is 16.7 Å². The van der Waals surface area contributed by atoms with E-state index in [1.165, 1.54) is 13.4 Å². The number of hydrogen-bond donors (Lipinski definition) is 2. The molecule has 1 atom stereocenters. The zero-order chi connectivity index (χ0) is 12.3. The maximum absolute atomic E-state index is 11.4. The second-order valence-corrected chi connectivity index (χ2v) is 4.59. The summed E-state index contributed by atoms with van der Waals surface area (Å²) in [5, 5.41) is 6.72. The molecule has 1 aliphatic heterocycles. The molecule has 0 saturated carbocycles. The first-order valence-electron chi connectivity index (χ1n) is 5.75. The first-order valence-corrected chi connectivity index (χ1v) is 5.75.